The van der Waals surface area contributed by atoms with E-state index in [-0.39, 0.29) is 30.8 Å². The maximum absolute atomic E-state index is 7.76. The molecule has 0 aliphatic carbocycles. The molecule has 0 spiro atoms. The number of likely N-dealkylation sites (tertiary alicyclic amines) is 1. The van der Waals surface area contributed by atoms with Gasteiger partial charge in [-0.1, -0.05) is 40.9 Å². The van der Waals surface area contributed by atoms with Crippen LogP contribution in [0.5, 0.6) is 0 Å². The van der Waals surface area contributed by atoms with Gasteiger partial charge in [-0.3, -0.25) is 5.41 Å². The van der Waals surface area contributed by atoms with Crippen LogP contribution in [-0.2, 0) is 6.54 Å². The molecule has 0 bridgehead atoms. The van der Waals surface area contributed by atoms with E-state index in [0.29, 0.717) is 0 Å². The van der Waals surface area contributed by atoms with Crippen LogP contribution in [0.25, 0.3) is 0 Å². The summed E-state index contributed by atoms with van der Waals surface area (Å²) in [7, 11) is 0. The maximum atomic E-state index is 7.76. The van der Waals surface area contributed by atoms with Gasteiger partial charge in [0.1, 0.15) is 0 Å². The van der Waals surface area contributed by atoms with Gasteiger partial charge in [0.25, 0.3) is 0 Å². The molecule has 1 fully saturated rings. The van der Waals surface area contributed by atoms with Gasteiger partial charge in [0.2, 0.25) is 0 Å². The van der Waals surface area contributed by atoms with E-state index in [2.05, 4.69) is 33.0 Å². The van der Waals surface area contributed by atoms with E-state index in [1.165, 1.54) is 57.3 Å². The fourth-order valence-electron chi connectivity index (χ4n) is 3.09. The molecule has 2 rings (SSSR count). The fraction of sp³-hybridized carbons (Fsp3) is 0.611. The molecule has 1 aromatic rings. The minimum Gasteiger partial charge on any atom is -0.370 e. The molecule has 3 N–H and O–H groups in total. The molecule has 7 heteroatoms. The molecule has 25 heavy (non-hydrogen) atoms. The number of hydrogen-bond acceptors (Lipinski definition) is 2. The van der Waals surface area contributed by atoms with Crippen molar-refractivity contribution in [3.63, 3.8) is 0 Å². The van der Waals surface area contributed by atoms with Crippen molar-refractivity contribution >= 4 is 46.7 Å². The minimum absolute atomic E-state index is 0. The molecule has 0 unspecified atom stereocenters. The number of nitrogens with two attached hydrogens (primary N) is 1. The topological polar surface area (TPSA) is 56.4 Å². The maximum Gasteiger partial charge on any atom is 0.188 e. The van der Waals surface area contributed by atoms with Crippen LogP contribution in [0.3, 0.4) is 0 Å². The number of nitrogens with zero attached hydrogens (tertiary/aromatic N) is 2. The molecule has 1 aromatic carbocycles. The zero-order valence-electron chi connectivity index (χ0n) is 14.8. The SMILES string of the molecule is Cl.Cl.N=C(N)N(CCCCCCN1CCCC1)Cc1ccc(Br)cc1. The lowest BCUT2D eigenvalue weighted by molar-refractivity contribution is 0.324. The molecule has 0 amide bonds. The monoisotopic (exact) mass is 452 g/mol. The Balaban J connectivity index is 0.00000288. The van der Waals surface area contributed by atoms with Crippen molar-refractivity contribution in [3.05, 3.63) is 34.3 Å². The van der Waals surface area contributed by atoms with Crippen molar-refractivity contribution in [2.24, 2.45) is 5.73 Å². The zero-order valence-corrected chi connectivity index (χ0v) is 18.0. The molecule has 0 aromatic heterocycles. The Labute approximate surface area is 173 Å². The Morgan fingerprint density at radius 2 is 1.64 bits per heavy atom. The minimum atomic E-state index is 0. The van der Waals surface area contributed by atoms with Gasteiger partial charge in [0, 0.05) is 17.6 Å². The Morgan fingerprint density at radius 3 is 2.24 bits per heavy atom. The van der Waals surface area contributed by atoms with E-state index >= 15 is 0 Å². The van der Waals surface area contributed by atoms with Crippen LogP contribution >= 0.6 is 40.7 Å². The summed E-state index contributed by atoms with van der Waals surface area (Å²) in [5.41, 5.74) is 6.92. The van der Waals surface area contributed by atoms with Gasteiger partial charge >= 0.3 is 0 Å². The number of nitrogens with one attached hydrogen (secondary N) is 1. The highest BCUT2D eigenvalue weighted by Crippen LogP contribution is 2.13. The predicted molar refractivity (Wildman–Crippen MR) is 115 cm³/mol. The average molecular weight is 454 g/mol. The summed E-state index contributed by atoms with van der Waals surface area (Å²) in [4.78, 5) is 4.54. The summed E-state index contributed by atoms with van der Waals surface area (Å²) in [6.45, 7) is 5.44. The third kappa shape index (κ3) is 9.69. The van der Waals surface area contributed by atoms with Crippen LogP contribution in [-0.4, -0.2) is 41.9 Å². The van der Waals surface area contributed by atoms with Gasteiger partial charge < -0.3 is 15.5 Å². The van der Waals surface area contributed by atoms with Crippen molar-refractivity contribution in [1.29, 1.82) is 5.41 Å². The Bertz CT molecular complexity index is 478. The van der Waals surface area contributed by atoms with Crippen LogP contribution < -0.4 is 5.73 Å². The summed E-state index contributed by atoms with van der Waals surface area (Å²) >= 11 is 3.45. The van der Waals surface area contributed by atoms with Crippen LogP contribution in [0, 0.1) is 5.41 Å². The highest BCUT2D eigenvalue weighted by atomic mass is 79.9. The van der Waals surface area contributed by atoms with E-state index in [0.717, 1.165) is 24.0 Å². The molecule has 1 saturated heterocycles. The lowest BCUT2D eigenvalue weighted by Crippen LogP contribution is -2.36. The highest BCUT2D eigenvalue weighted by Gasteiger charge is 2.10. The van der Waals surface area contributed by atoms with E-state index in [1.54, 1.807) is 0 Å². The molecule has 0 saturated carbocycles. The number of unbranched alkanes of at least 4 members (excludes halogenated alkanes) is 3. The van der Waals surface area contributed by atoms with E-state index in [4.69, 9.17) is 11.1 Å². The first-order valence-corrected chi connectivity index (χ1v) is 9.50. The van der Waals surface area contributed by atoms with E-state index in [9.17, 15) is 0 Å². The van der Waals surface area contributed by atoms with Gasteiger partial charge in [0.05, 0.1) is 0 Å². The van der Waals surface area contributed by atoms with Crippen LogP contribution in [0.1, 0.15) is 44.1 Å². The molecule has 1 aliphatic rings. The molecular formula is C18H31BrCl2N4. The number of rotatable bonds is 9. The van der Waals surface area contributed by atoms with Crippen molar-refractivity contribution in [2.45, 2.75) is 45.1 Å². The first-order chi connectivity index (χ1) is 11.1. The summed E-state index contributed by atoms with van der Waals surface area (Å²) in [6.07, 6.45) is 7.66. The number of hydrogen-bond donors (Lipinski definition) is 2. The van der Waals surface area contributed by atoms with E-state index < -0.39 is 0 Å². The number of benzene rings is 1. The normalized spacial score (nSPS) is 13.8. The van der Waals surface area contributed by atoms with Crippen LogP contribution in [0.2, 0.25) is 0 Å². The first-order valence-electron chi connectivity index (χ1n) is 8.71. The Hall–Kier alpha value is -0.490. The predicted octanol–water partition coefficient (Wildman–Crippen LogP) is 4.64. The zero-order chi connectivity index (χ0) is 16.5. The van der Waals surface area contributed by atoms with Crippen molar-refractivity contribution in [2.75, 3.05) is 26.2 Å². The molecule has 144 valence electrons. The lowest BCUT2D eigenvalue weighted by Gasteiger charge is -2.23. The molecule has 0 atom stereocenters. The lowest BCUT2D eigenvalue weighted by atomic mass is 10.1. The average Bonchev–Trinajstić information content (AvgIpc) is 3.04. The second-order valence-corrected chi connectivity index (χ2v) is 7.31. The number of guanidine groups is 1. The summed E-state index contributed by atoms with van der Waals surface area (Å²) in [5.74, 6) is 0.171. The fourth-order valence-corrected chi connectivity index (χ4v) is 3.36. The Kier molecular flexibility index (Phi) is 13.4. The Morgan fingerprint density at radius 1 is 1.04 bits per heavy atom. The van der Waals surface area contributed by atoms with Gasteiger partial charge in [-0.25, -0.2) is 0 Å². The molecule has 0 radical (unpaired) electrons. The van der Waals surface area contributed by atoms with Gasteiger partial charge in [0.15, 0.2) is 5.96 Å². The van der Waals surface area contributed by atoms with Gasteiger partial charge in [-0.15, -0.1) is 24.8 Å². The van der Waals surface area contributed by atoms with Crippen molar-refractivity contribution in [3.8, 4) is 0 Å². The van der Waals surface area contributed by atoms with Crippen molar-refractivity contribution < 1.29 is 0 Å². The molecule has 1 heterocycles. The third-order valence-electron chi connectivity index (χ3n) is 4.48. The second kappa shape index (κ2) is 13.7. The van der Waals surface area contributed by atoms with Gasteiger partial charge in [-0.05, 0) is 63.0 Å². The summed E-state index contributed by atoms with van der Waals surface area (Å²) in [5, 5.41) is 7.76. The van der Waals surface area contributed by atoms with Crippen LogP contribution in [0.15, 0.2) is 28.7 Å². The van der Waals surface area contributed by atoms with E-state index in [1.807, 2.05) is 17.0 Å². The van der Waals surface area contributed by atoms with Crippen molar-refractivity contribution in [1.82, 2.24) is 9.80 Å². The highest BCUT2D eigenvalue weighted by molar-refractivity contribution is 9.10. The summed E-state index contributed by atoms with van der Waals surface area (Å²) < 4.78 is 1.08. The first kappa shape index (κ1) is 24.5. The smallest absolute Gasteiger partial charge is 0.188 e. The molecule has 4 nitrogen and oxygen atoms in total. The van der Waals surface area contributed by atoms with Gasteiger partial charge in [-0.2, -0.15) is 0 Å². The molecule has 1 aliphatic heterocycles. The number of halogens is 3. The standard InChI is InChI=1S/C18H29BrN4.2ClH/c19-17-9-7-16(8-10-17)15-23(18(20)21)14-4-2-1-3-11-22-12-5-6-13-22;;/h7-10H,1-6,11-15H2,(H3,20,21);2*1H. The molecular weight excluding hydrogens is 423 g/mol. The third-order valence-corrected chi connectivity index (χ3v) is 5.01. The second-order valence-electron chi connectivity index (χ2n) is 6.40. The quantitative estimate of drug-likeness (QED) is 0.325. The largest absolute Gasteiger partial charge is 0.370 e. The summed E-state index contributed by atoms with van der Waals surface area (Å²) in [6, 6.07) is 8.23. The van der Waals surface area contributed by atoms with Crippen LogP contribution in [0.4, 0.5) is 0 Å².